The van der Waals surface area contributed by atoms with Crippen LogP contribution in [0, 0.1) is 12.3 Å². The molecule has 1 aromatic rings. The maximum atomic E-state index is 12.8. The predicted molar refractivity (Wildman–Crippen MR) is 95.5 cm³/mol. The zero-order chi connectivity index (χ0) is 18.8. The fraction of sp³-hybridized carbons (Fsp3) is 0.722. The van der Waals surface area contributed by atoms with E-state index < -0.39 is 5.41 Å². The summed E-state index contributed by atoms with van der Waals surface area (Å²) in [6.45, 7) is 12.0. The first kappa shape index (κ1) is 19.4. The van der Waals surface area contributed by atoms with E-state index in [4.69, 9.17) is 4.74 Å². The van der Waals surface area contributed by atoms with E-state index in [0.29, 0.717) is 38.4 Å². The Morgan fingerprint density at radius 3 is 2.64 bits per heavy atom. The van der Waals surface area contributed by atoms with E-state index >= 15 is 0 Å². The smallest absolute Gasteiger partial charge is 0.274 e. The van der Waals surface area contributed by atoms with Crippen LogP contribution in [0.15, 0.2) is 6.07 Å². The van der Waals surface area contributed by atoms with Crippen LogP contribution in [0.25, 0.3) is 0 Å². The van der Waals surface area contributed by atoms with Crippen LogP contribution in [0.4, 0.5) is 0 Å². The van der Waals surface area contributed by atoms with E-state index in [2.05, 4.69) is 31.2 Å². The molecule has 1 saturated heterocycles. The van der Waals surface area contributed by atoms with Crippen molar-refractivity contribution in [1.29, 1.82) is 0 Å². The van der Waals surface area contributed by atoms with Crippen LogP contribution < -0.4 is 5.32 Å². The highest BCUT2D eigenvalue weighted by atomic mass is 16.5. The summed E-state index contributed by atoms with van der Waals surface area (Å²) in [7, 11) is 1.60. The molecule has 1 aliphatic heterocycles. The van der Waals surface area contributed by atoms with Gasteiger partial charge in [-0.05, 0) is 47.1 Å². The molecule has 7 heteroatoms. The normalized spacial score (nSPS) is 20.8. The molecule has 1 fully saturated rings. The van der Waals surface area contributed by atoms with Gasteiger partial charge in [0.05, 0.1) is 17.6 Å². The third-order valence-corrected chi connectivity index (χ3v) is 4.64. The lowest BCUT2D eigenvalue weighted by Crippen LogP contribution is -2.43. The molecule has 0 saturated carbocycles. The lowest BCUT2D eigenvalue weighted by Gasteiger charge is -2.23. The number of amides is 2. The summed E-state index contributed by atoms with van der Waals surface area (Å²) in [6.07, 6.45) is 0.649. The number of ether oxygens (including phenoxy) is 1. The molecule has 0 bridgehead atoms. The minimum absolute atomic E-state index is 0.0312. The van der Waals surface area contributed by atoms with Crippen LogP contribution in [0.1, 0.15) is 50.3 Å². The molecule has 0 aromatic carbocycles. The third-order valence-electron chi connectivity index (χ3n) is 4.64. The largest absolute Gasteiger partial charge is 0.383 e. The van der Waals surface area contributed by atoms with Crippen molar-refractivity contribution in [2.24, 2.45) is 5.41 Å². The lowest BCUT2D eigenvalue weighted by molar-refractivity contribution is -0.129. The fourth-order valence-corrected chi connectivity index (χ4v) is 3.22. The van der Waals surface area contributed by atoms with Crippen LogP contribution in [0.2, 0.25) is 0 Å². The van der Waals surface area contributed by atoms with Crippen molar-refractivity contribution < 1.29 is 14.3 Å². The first-order valence-corrected chi connectivity index (χ1v) is 8.72. The Kier molecular flexibility index (Phi) is 5.56. The average Bonchev–Trinajstić information content (AvgIpc) is 3.11. The molecule has 0 spiro atoms. The van der Waals surface area contributed by atoms with Crippen molar-refractivity contribution in [2.45, 2.75) is 46.6 Å². The topological polar surface area (TPSA) is 76.5 Å². The maximum absolute atomic E-state index is 12.8. The van der Waals surface area contributed by atoms with Gasteiger partial charge in [0.25, 0.3) is 5.91 Å². The van der Waals surface area contributed by atoms with Crippen LogP contribution in [0.5, 0.6) is 0 Å². The predicted octanol–water partition coefficient (Wildman–Crippen LogP) is 1.56. The molecule has 1 aliphatic rings. The van der Waals surface area contributed by atoms with Gasteiger partial charge in [0.2, 0.25) is 5.91 Å². The summed E-state index contributed by atoms with van der Waals surface area (Å²) in [4.78, 5) is 26.9. The van der Waals surface area contributed by atoms with Crippen molar-refractivity contribution in [3.63, 3.8) is 0 Å². The fourth-order valence-electron chi connectivity index (χ4n) is 3.22. The second kappa shape index (κ2) is 7.15. The number of hydrogen-bond acceptors (Lipinski definition) is 4. The van der Waals surface area contributed by atoms with E-state index in [1.807, 2.05) is 24.6 Å². The highest BCUT2D eigenvalue weighted by Crippen LogP contribution is 2.31. The van der Waals surface area contributed by atoms with E-state index in [1.54, 1.807) is 12.0 Å². The van der Waals surface area contributed by atoms with Gasteiger partial charge in [-0.1, -0.05) is 0 Å². The molecule has 2 heterocycles. The maximum Gasteiger partial charge on any atom is 0.274 e. The molecule has 1 atom stereocenters. The monoisotopic (exact) mass is 350 g/mol. The summed E-state index contributed by atoms with van der Waals surface area (Å²) < 4.78 is 6.82. The second-order valence-corrected chi connectivity index (χ2v) is 8.04. The first-order valence-electron chi connectivity index (χ1n) is 8.72. The minimum atomic E-state index is -0.564. The highest BCUT2D eigenvalue weighted by Gasteiger charge is 2.42. The summed E-state index contributed by atoms with van der Waals surface area (Å²) in [5.74, 6) is -0.143. The zero-order valence-electron chi connectivity index (χ0n) is 16.2. The van der Waals surface area contributed by atoms with Gasteiger partial charge in [-0.2, -0.15) is 5.10 Å². The molecule has 0 radical (unpaired) electrons. The first-order chi connectivity index (χ1) is 11.6. The summed E-state index contributed by atoms with van der Waals surface area (Å²) in [5, 5.41) is 7.36. The van der Waals surface area contributed by atoms with Gasteiger partial charge < -0.3 is 15.0 Å². The van der Waals surface area contributed by atoms with Gasteiger partial charge in [-0.3, -0.25) is 14.3 Å². The van der Waals surface area contributed by atoms with Crippen molar-refractivity contribution in [2.75, 3.05) is 33.4 Å². The Morgan fingerprint density at radius 1 is 1.40 bits per heavy atom. The minimum Gasteiger partial charge on any atom is -0.383 e. The van der Waals surface area contributed by atoms with Crippen molar-refractivity contribution in [3.05, 3.63) is 17.5 Å². The van der Waals surface area contributed by atoms with Gasteiger partial charge in [-0.15, -0.1) is 0 Å². The summed E-state index contributed by atoms with van der Waals surface area (Å²) >= 11 is 0. The second-order valence-electron chi connectivity index (χ2n) is 8.04. The Labute approximate surface area is 149 Å². The van der Waals surface area contributed by atoms with E-state index in [1.165, 1.54) is 0 Å². The Balaban J connectivity index is 2.06. The molecule has 1 aromatic heterocycles. The number of carbonyl (C=O) groups excluding carboxylic acids is 2. The number of likely N-dealkylation sites (tertiary alicyclic amines) is 1. The molecular weight excluding hydrogens is 320 g/mol. The van der Waals surface area contributed by atoms with Crippen molar-refractivity contribution in [1.82, 2.24) is 20.0 Å². The summed E-state index contributed by atoms with van der Waals surface area (Å²) in [5.41, 5.74) is 0.653. The van der Waals surface area contributed by atoms with Crippen LogP contribution in [-0.4, -0.2) is 59.8 Å². The molecular formula is C18H30N4O3. The van der Waals surface area contributed by atoms with Gasteiger partial charge >= 0.3 is 0 Å². The Bertz CT molecular complexity index is 647. The van der Waals surface area contributed by atoms with Gasteiger partial charge in [0.15, 0.2) is 5.69 Å². The van der Waals surface area contributed by atoms with Gasteiger partial charge in [0.1, 0.15) is 0 Å². The number of aromatic nitrogens is 2. The lowest BCUT2D eigenvalue weighted by atomic mass is 9.89. The summed E-state index contributed by atoms with van der Waals surface area (Å²) in [6, 6.07) is 1.82. The average molecular weight is 350 g/mol. The van der Waals surface area contributed by atoms with Crippen LogP contribution in [0.3, 0.4) is 0 Å². The molecule has 1 N–H and O–H groups in total. The number of aryl methyl sites for hydroxylation is 1. The van der Waals surface area contributed by atoms with Crippen molar-refractivity contribution in [3.8, 4) is 0 Å². The molecule has 1 unspecified atom stereocenters. The number of methoxy groups -OCH3 is 1. The van der Waals surface area contributed by atoms with Crippen LogP contribution >= 0.6 is 0 Å². The van der Waals surface area contributed by atoms with E-state index in [-0.39, 0.29) is 17.4 Å². The number of hydrogen-bond donors (Lipinski definition) is 1. The van der Waals surface area contributed by atoms with Crippen molar-refractivity contribution >= 4 is 11.8 Å². The molecule has 2 amide bonds. The molecule has 0 aliphatic carbocycles. The Hall–Kier alpha value is -1.89. The molecule has 2 rings (SSSR count). The Morgan fingerprint density at radius 2 is 2.08 bits per heavy atom. The van der Waals surface area contributed by atoms with Crippen LogP contribution in [-0.2, 0) is 15.1 Å². The molecule has 7 nitrogen and oxygen atoms in total. The number of nitrogens with zero attached hydrogens (tertiary/aromatic N) is 3. The standard InChI is InChI=1S/C18H30N4O3/c1-13-11-14(20-22(13)17(2,3)4)15(23)21-9-7-18(5,12-21)16(24)19-8-10-25-6/h11H,7-10,12H2,1-6H3,(H,19,24). The number of rotatable bonds is 5. The molecule has 25 heavy (non-hydrogen) atoms. The number of nitrogens with one attached hydrogen (secondary N) is 1. The van der Waals surface area contributed by atoms with E-state index in [9.17, 15) is 9.59 Å². The highest BCUT2D eigenvalue weighted by molar-refractivity contribution is 5.93. The van der Waals surface area contributed by atoms with Gasteiger partial charge in [0, 0.05) is 32.4 Å². The quantitative estimate of drug-likeness (QED) is 0.818. The SMILES string of the molecule is COCCNC(=O)C1(C)CCN(C(=O)c2cc(C)n(C(C)(C)C)n2)C1. The van der Waals surface area contributed by atoms with Gasteiger partial charge in [-0.25, -0.2) is 0 Å². The zero-order valence-corrected chi connectivity index (χ0v) is 16.2. The third kappa shape index (κ3) is 4.21. The van der Waals surface area contributed by atoms with E-state index in [0.717, 1.165) is 5.69 Å². The number of carbonyl (C=O) groups is 2. The molecule has 140 valence electrons.